The molecule has 2 aromatic heterocycles. The average molecular weight is 308 g/mol. The van der Waals surface area contributed by atoms with Gasteiger partial charge in [0, 0.05) is 23.3 Å². The molecule has 102 valence electrons. The summed E-state index contributed by atoms with van der Waals surface area (Å²) in [5.41, 5.74) is 2.60. The van der Waals surface area contributed by atoms with Crippen LogP contribution in [0.5, 0.6) is 5.88 Å². The number of pyridine rings is 1. The minimum absolute atomic E-state index is 0.336. The summed E-state index contributed by atoms with van der Waals surface area (Å²) in [6, 6.07) is 7.20. The van der Waals surface area contributed by atoms with Crippen molar-refractivity contribution in [1.82, 2.24) is 14.5 Å². The maximum atomic E-state index is 5.96. The number of aromatic nitrogens is 3. The van der Waals surface area contributed by atoms with E-state index in [0.29, 0.717) is 22.5 Å². The van der Waals surface area contributed by atoms with Crippen molar-refractivity contribution in [1.29, 1.82) is 0 Å². The van der Waals surface area contributed by atoms with E-state index in [1.165, 1.54) is 0 Å². The van der Waals surface area contributed by atoms with E-state index >= 15 is 0 Å². The second-order valence-electron chi connectivity index (χ2n) is 4.41. The second kappa shape index (κ2) is 5.31. The Kier molecular flexibility index (Phi) is 3.51. The molecule has 0 bridgehead atoms. The minimum atomic E-state index is 0.336. The molecule has 0 radical (unpaired) electrons. The quantitative estimate of drug-likeness (QED) is 0.738. The highest BCUT2D eigenvalue weighted by Crippen LogP contribution is 2.23. The molecule has 20 heavy (non-hydrogen) atoms. The number of halogens is 2. The van der Waals surface area contributed by atoms with Crippen LogP contribution in [0.15, 0.2) is 36.8 Å². The molecule has 0 saturated heterocycles. The van der Waals surface area contributed by atoms with Crippen molar-refractivity contribution in [2.45, 2.75) is 6.61 Å². The molecule has 0 amide bonds. The van der Waals surface area contributed by atoms with Gasteiger partial charge in [0.25, 0.3) is 0 Å². The third-order valence-corrected chi connectivity index (χ3v) is 3.34. The fraction of sp³-hybridized carbons (Fsp3) is 0.143. The van der Waals surface area contributed by atoms with E-state index in [1.54, 1.807) is 18.6 Å². The molecule has 0 aliphatic carbocycles. The van der Waals surface area contributed by atoms with E-state index in [1.807, 2.05) is 29.8 Å². The molecule has 0 spiro atoms. The third-order valence-electron chi connectivity index (χ3n) is 2.91. The van der Waals surface area contributed by atoms with Crippen LogP contribution in [-0.2, 0) is 13.7 Å². The van der Waals surface area contributed by atoms with Gasteiger partial charge in [-0.3, -0.25) is 0 Å². The lowest BCUT2D eigenvalue weighted by molar-refractivity contribution is 0.297. The first-order valence-electron chi connectivity index (χ1n) is 5.97. The maximum absolute atomic E-state index is 5.96. The lowest BCUT2D eigenvalue weighted by atomic mass is 10.2. The van der Waals surface area contributed by atoms with Crippen LogP contribution in [-0.4, -0.2) is 14.5 Å². The van der Waals surface area contributed by atoms with Crippen molar-refractivity contribution in [2.75, 3.05) is 0 Å². The Morgan fingerprint density at radius 1 is 1.15 bits per heavy atom. The number of benzene rings is 1. The largest absolute Gasteiger partial charge is 0.471 e. The molecule has 2 heterocycles. The predicted octanol–water partition coefficient (Wildman–Crippen LogP) is 3.85. The summed E-state index contributed by atoms with van der Waals surface area (Å²) >= 11 is 11.9. The molecular formula is C14H11Cl2N3O. The van der Waals surface area contributed by atoms with Crippen molar-refractivity contribution in [3.8, 4) is 5.88 Å². The molecule has 0 atom stereocenters. The molecule has 0 saturated carbocycles. The monoisotopic (exact) mass is 307 g/mol. The smallest absolute Gasteiger partial charge is 0.242 e. The van der Waals surface area contributed by atoms with Crippen LogP contribution in [0.1, 0.15) is 5.56 Å². The highest BCUT2D eigenvalue weighted by molar-refractivity contribution is 6.34. The van der Waals surface area contributed by atoms with Gasteiger partial charge in [-0.15, -0.1) is 0 Å². The van der Waals surface area contributed by atoms with Gasteiger partial charge >= 0.3 is 0 Å². The summed E-state index contributed by atoms with van der Waals surface area (Å²) in [5, 5.41) is 1.17. The maximum Gasteiger partial charge on any atom is 0.242 e. The van der Waals surface area contributed by atoms with Gasteiger partial charge in [0.05, 0.1) is 11.8 Å². The van der Waals surface area contributed by atoms with E-state index in [4.69, 9.17) is 27.9 Å². The zero-order valence-corrected chi connectivity index (χ0v) is 12.2. The summed E-state index contributed by atoms with van der Waals surface area (Å²) in [5.74, 6) is 0.499. The Labute approximate surface area is 125 Å². The SMILES string of the molecule is Cn1cnc2c(OCc3cc(Cl)cc(Cl)c3)nccc21. The van der Waals surface area contributed by atoms with Crippen molar-refractivity contribution >= 4 is 34.2 Å². The van der Waals surface area contributed by atoms with Crippen molar-refractivity contribution in [2.24, 2.45) is 7.05 Å². The van der Waals surface area contributed by atoms with Gasteiger partial charge in [-0.2, -0.15) is 0 Å². The van der Waals surface area contributed by atoms with Crippen molar-refractivity contribution in [3.05, 3.63) is 52.4 Å². The Morgan fingerprint density at radius 3 is 2.65 bits per heavy atom. The lowest BCUT2D eigenvalue weighted by Gasteiger charge is -2.07. The van der Waals surface area contributed by atoms with Gasteiger partial charge in [-0.05, 0) is 29.8 Å². The molecule has 0 unspecified atom stereocenters. The van der Waals surface area contributed by atoms with E-state index < -0.39 is 0 Å². The molecule has 3 aromatic rings. The van der Waals surface area contributed by atoms with Crippen LogP contribution in [0.4, 0.5) is 0 Å². The fourth-order valence-electron chi connectivity index (χ4n) is 1.99. The van der Waals surface area contributed by atoms with Crippen LogP contribution >= 0.6 is 23.2 Å². The molecule has 0 aliphatic heterocycles. The summed E-state index contributed by atoms with van der Waals surface area (Å²) in [7, 11) is 1.93. The molecule has 0 aliphatic rings. The molecule has 4 nitrogen and oxygen atoms in total. The van der Waals surface area contributed by atoms with Gasteiger partial charge in [-0.25, -0.2) is 9.97 Å². The average Bonchev–Trinajstić information content (AvgIpc) is 2.78. The number of rotatable bonds is 3. The minimum Gasteiger partial charge on any atom is -0.471 e. The number of ether oxygens (including phenoxy) is 1. The van der Waals surface area contributed by atoms with Crippen LogP contribution in [0, 0.1) is 0 Å². The summed E-state index contributed by atoms with van der Waals surface area (Å²) in [6.07, 6.45) is 3.43. The summed E-state index contributed by atoms with van der Waals surface area (Å²) in [6.45, 7) is 0.336. The van der Waals surface area contributed by atoms with E-state index in [-0.39, 0.29) is 0 Å². The topological polar surface area (TPSA) is 39.9 Å². The van der Waals surface area contributed by atoms with Gasteiger partial charge in [0.2, 0.25) is 5.88 Å². The molecule has 0 N–H and O–H groups in total. The predicted molar refractivity (Wildman–Crippen MR) is 79.3 cm³/mol. The van der Waals surface area contributed by atoms with Crippen molar-refractivity contribution < 1.29 is 4.74 Å². The Balaban J connectivity index is 1.86. The van der Waals surface area contributed by atoms with Crippen LogP contribution in [0.25, 0.3) is 11.0 Å². The number of hydrogen-bond donors (Lipinski definition) is 0. The summed E-state index contributed by atoms with van der Waals surface area (Å²) in [4.78, 5) is 8.51. The second-order valence-corrected chi connectivity index (χ2v) is 5.28. The molecule has 1 aromatic carbocycles. The number of imidazole rings is 1. The normalized spacial score (nSPS) is 10.9. The van der Waals surface area contributed by atoms with Gasteiger partial charge in [0.15, 0.2) is 5.52 Å². The Morgan fingerprint density at radius 2 is 1.90 bits per heavy atom. The zero-order valence-electron chi connectivity index (χ0n) is 10.7. The summed E-state index contributed by atoms with van der Waals surface area (Å²) < 4.78 is 7.64. The third kappa shape index (κ3) is 2.57. The van der Waals surface area contributed by atoms with Crippen molar-refractivity contribution in [3.63, 3.8) is 0 Å². The first-order valence-corrected chi connectivity index (χ1v) is 6.73. The molecule has 0 fully saturated rings. The van der Waals surface area contributed by atoms with Gasteiger partial charge in [0.1, 0.15) is 6.61 Å². The van der Waals surface area contributed by atoms with Gasteiger partial charge in [-0.1, -0.05) is 23.2 Å². The number of fused-ring (bicyclic) bond motifs is 1. The molecule has 6 heteroatoms. The molecular weight excluding hydrogens is 297 g/mol. The van der Waals surface area contributed by atoms with Crippen LogP contribution in [0.3, 0.4) is 0 Å². The number of hydrogen-bond acceptors (Lipinski definition) is 3. The van der Waals surface area contributed by atoms with Crippen LogP contribution in [0.2, 0.25) is 10.0 Å². The lowest BCUT2D eigenvalue weighted by Crippen LogP contribution is -1.98. The number of aryl methyl sites for hydroxylation is 1. The van der Waals surface area contributed by atoms with E-state index in [2.05, 4.69) is 9.97 Å². The Bertz CT molecular complexity index is 750. The first kappa shape index (κ1) is 13.2. The number of nitrogens with zero attached hydrogens (tertiary/aromatic N) is 3. The Hall–Kier alpha value is -1.78. The first-order chi connectivity index (χ1) is 9.63. The zero-order chi connectivity index (χ0) is 14.1. The van der Waals surface area contributed by atoms with Gasteiger partial charge < -0.3 is 9.30 Å². The molecule has 3 rings (SSSR count). The van der Waals surface area contributed by atoms with Crippen LogP contribution < -0.4 is 4.74 Å². The van der Waals surface area contributed by atoms with E-state index in [0.717, 1.165) is 16.6 Å². The van der Waals surface area contributed by atoms with E-state index in [9.17, 15) is 0 Å². The highest BCUT2D eigenvalue weighted by atomic mass is 35.5. The fourth-order valence-corrected chi connectivity index (χ4v) is 2.56. The standard InChI is InChI=1S/C14H11Cl2N3O/c1-19-8-18-13-12(19)2-3-17-14(13)20-7-9-4-10(15)6-11(16)5-9/h2-6,8H,7H2,1H3. The highest BCUT2D eigenvalue weighted by Gasteiger charge is 2.08.